The molecule has 1 saturated carbocycles. The Bertz CT molecular complexity index is 1090. The fourth-order valence-corrected chi connectivity index (χ4v) is 7.37. The zero-order chi connectivity index (χ0) is 26.9. The van der Waals surface area contributed by atoms with Crippen LogP contribution in [0.3, 0.4) is 0 Å². The third-order valence-electron chi connectivity index (χ3n) is 10.1. The quantitative estimate of drug-likeness (QED) is 0.310. The SMILES string of the molecule is CC1=C[C@H]2O[C@@H]3C[C@H]4OC(=O)/C=C\C=C\[C@H]([C@H](C)O)OCC[C@@]5(C)O[C@@H]5C(=O)OC[C@@]2(CC1)[C@]4(C)[C@]31CO1. The maximum Gasteiger partial charge on any atom is 0.338 e. The second-order valence-corrected chi connectivity index (χ2v) is 12.2. The number of epoxide rings is 2. The van der Waals surface area contributed by atoms with Gasteiger partial charge in [-0.05, 0) is 33.6 Å². The average Bonchev–Trinajstić information content (AvgIpc) is 3.77. The number of allylic oxidation sites excluding steroid dienone is 3. The lowest BCUT2D eigenvalue weighted by Gasteiger charge is -2.58. The molecule has 2 spiro atoms. The van der Waals surface area contributed by atoms with Gasteiger partial charge in [-0.15, -0.1) is 0 Å². The van der Waals surface area contributed by atoms with Crippen LogP contribution in [0.2, 0.25) is 0 Å². The van der Waals surface area contributed by atoms with Crippen molar-refractivity contribution < 1.29 is 43.1 Å². The molecule has 2 aliphatic carbocycles. The van der Waals surface area contributed by atoms with E-state index >= 15 is 0 Å². The second kappa shape index (κ2) is 8.99. The van der Waals surface area contributed by atoms with E-state index in [9.17, 15) is 14.7 Å². The number of ether oxygens (including phenoxy) is 6. The third kappa shape index (κ3) is 3.84. The van der Waals surface area contributed by atoms with Gasteiger partial charge in [0.1, 0.15) is 30.0 Å². The summed E-state index contributed by atoms with van der Waals surface area (Å²) in [5, 5.41) is 10.1. The van der Waals surface area contributed by atoms with Gasteiger partial charge in [0.05, 0.1) is 36.9 Å². The molecule has 4 fully saturated rings. The van der Waals surface area contributed by atoms with E-state index in [1.54, 1.807) is 25.2 Å². The first kappa shape index (κ1) is 26.2. The lowest BCUT2D eigenvalue weighted by Crippen LogP contribution is -2.66. The smallest absolute Gasteiger partial charge is 0.338 e. The molecule has 6 rings (SSSR count). The normalized spacial score (nSPS) is 50.8. The van der Waals surface area contributed by atoms with Gasteiger partial charge in [0.15, 0.2) is 6.10 Å². The third-order valence-corrected chi connectivity index (χ3v) is 10.1. The summed E-state index contributed by atoms with van der Waals surface area (Å²) in [6, 6.07) is 0. The number of fused-ring (bicyclic) bond motifs is 1. The van der Waals surface area contributed by atoms with Crippen LogP contribution in [0.15, 0.2) is 36.0 Å². The number of aliphatic hydroxyl groups is 1. The van der Waals surface area contributed by atoms with Gasteiger partial charge in [0, 0.05) is 24.3 Å². The number of hydrogen-bond donors (Lipinski definition) is 1. The molecular weight excluding hydrogens is 492 g/mol. The van der Waals surface area contributed by atoms with Crippen LogP contribution in [-0.2, 0) is 38.0 Å². The molecule has 0 amide bonds. The predicted molar refractivity (Wildman–Crippen MR) is 134 cm³/mol. The van der Waals surface area contributed by atoms with E-state index in [-0.39, 0.29) is 25.4 Å². The second-order valence-electron chi connectivity index (χ2n) is 12.2. The van der Waals surface area contributed by atoms with Crippen LogP contribution in [0, 0.1) is 10.8 Å². The molecule has 3 saturated heterocycles. The van der Waals surface area contributed by atoms with Gasteiger partial charge in [0.25, 0.3) is 0 Å². The molecule has 0 aromatic rings. The Labute approximate surface area is 223 Å². The van der Waals surface area contributed by atoms with E-state index in [1.807, 2.05) is 6.92 Å². The van der Waals surface area contributed by atoms with Crippen LogP contribution >= 0.6 is 0 Å². The summed E-state index contributed by atoms with van der Waals surface area (Å²) >= 11 is 0. The molecular formula is C29H38O9. The average molecular weight is 531 g/mol. The van der Waals surface area contributed by atoms with Gasteiger partial charge >= 0.3 is 11.9 Å². The molecule has 0 unspecified atom stereocenters. The highest BCUT2D eigenvalue weighted by atomic mass is 16.7. The first-order valence-electron chi connectivity index (χ1n) is 13.7. The number of esters is 2. The monoisotopic (exact) mass is 530 g/mol. The van der Waals surface area contributed by atoms with Crippen LogP contribution in [0.4, 0.5) is 0 Å². The summed E-state index contributed by atoms with van der Waals surface area (Å²) in [5.41, 5.74) is -1.25. The minimum Gasteiger partial charge on any atom is -0.463 e. The molecule has 4 heterocycles. The van der Waals surface area contributed by atoms with E-state index in [0.717, 1.165) is 12.8 Å². The topological polar surface area (TPSA) is 116 Å². The molecule has 0 radical (unpaired) electrons. The first-order valence-corrected chi connectivity index (χ1v) is 13.7. The lowest BCUT2D eigenvalue weighted by atomic mass is 9.51. The lowest BCUT2D eigenvalue weighted by molar-refractivity contribution is -0.233. The molecule has 6 aliphatic rings. The van der Waals surface area contributed by atoms with Crippen LogP contribution in [-0.4, -0.2) is 84.7 Å². The molecule has 1 N–H and O–H groups in total. The van der Waals surface area contributed by atoms with Crippen molar-refractivity contribution in [2.45, 2.75) is 101 Å². The number of cyclic esters (lactones) is 1. The summed E-state index contributed by atoms with van der Waals surface area (Å²) in [5.74, 6) is -0.876. The molecule has 10 atom stereocenters. The molecule has 4 aliphatic heterocycles. The van der Waals surface area contributed by atoms with Crippen molar-refractivity contribution in [1.29, 1.82) is 0 Å². The van der Waals surface area contributed by atoms with Crippen molar-refractivity contribution >= 4 is 11.9 Å². The van der Waals surface area contributed by atoms with Crippen LogP contribution in [0.5, 0.6) is 0 Å². The van der Waals surface area contributed by atoms with E-state index in [0.29, 0.717) is 19.4 Å². The van der Waals surface area contributed by atoms with Gasteiger partial charge < -0.3 is 33.5 Å². The first-order chi connectivity index (χ1) is 18.0. The number of rotatable bonds is 1. The van der Waals surface area contributed by atoms with Gasteiger partial charge in [-0.2, -0.15) is 0 Å². The predicted octanol–water partition coefficient (Wildman–Crippen LogP) is 2.55. The van der Waals surface area contributed by atoms with E-state index in [4.69, 9.17) is 28.4 Å². The molecule has 38 heavy (non-hydrogen) atoms. The Morgan fingerprint density at radius 2 is 1.89 bits per heavy atom. The molecule has 208 valence electrons. The summed E-state index contributed by atoms with van der Waals surface area (Å²) in [7, 11) is 0. The van der Waals surface area contributed by atoms with Gasteiger partial charge in [0.2, 0.25) is 0 Å². The van der Waals surface area contributed by atoms with E-state index in [2.05, 4.69) is 19.9 Å². The minimum absolute atomic E-state index is 0.123. The Balaban J connectivity index is 1.35. The van der Waals surface area contributed by atoms with E-state index in [1.165, 1.54) is 11.6 Å². The Hall–Kier alpha value is -2.04. The highest BCUT2D eigenvalue weighted by Gasteiger charge is 2.83. The number of aliphatic hydroxyl groups excluding tert-OH is 1. The van der Waals surface area contributed by atoms with Crippen molar-refractivity contribution in [2.75, 3.05) is 19.8 Å². The van der Waals surface area contributed by atoms with Gasteiger partial charge in [-0.3, -0.25) is 0 Å². The van der Waals surface area contributed by atoms with Crippen LogP contribution in [0.25, 0.3) is 0 Å². The van der Waals surface area contributed by atoms with Crippen molar-refractivity contribution in [3.05, 3.63) is 36.0 Å². The molecule has 0 aromatic carbocycles. The number of carbonyl (C=O) groups excluding carboxylic acids is 2. The van der Waals surface area contributed by atoms with Crippen molar-refractivity contribution in [1.82, 2.24) is 0 Å². The summed E-state index contributed by atoms with van der Waals surface area (Å²) in [6.07, 6.45) is 8.08. The maximum atomic E-state index is 13.2. The zero-order valence-corrected chi connectivity index (χ0v) is 22.5. The highest BCUT2D eigenvalue weighted by Crippen LogP contribution is 2.72. The Morgan fingerprint density at radius 3 is 2.63 bits per heavy atom. The summed E-state index contributed by atoms with van der Waals surface area (Å²) in [4.78, 5) is 26.2. The minimum atomic E-state index is -0.754. The van der Waals surface area contributed by atoms with Crippen molar-refractivity contribution in [3.8, 4) is 0 Å². The fraction of sp³-hybridized carbons (Fsp3) is 0.724. The fourth-order valence-electron chi connectivity index (χ4n) is 7.37. The van der Waals surface area contributed by atoms with Crippen LogP contribution < -0.4 is 0 Å². The van der Waals surface area contributed by atoms with Crippen molar-refractivity contribution in [2.24, 2.45) is 10.8 Å². The van der Waals surface area contributed by atoms with Gasteiger partial charge in [-0.25, -0.2) is 9.59 Å². The summed E-state index contributed by atoms with van der Waals surface area (Å²) < 4.78 is 36.6. The molecule has 9 nitrogen and oxygen atoms in total. The maximum absolute atomic E-state index is 13.2. The van der Waals surface area contributed by atoms with E-state index < -0.39 is 58.4 Å². The summed E-state index contributed by atoms with van der Waals surface area (Å²) in [6.45, 7) is 8.66. The Kier molecular flexibility index (Phi) is 6.20. The van der Waals surface area contributed by atoms with Crippen molar-refractivity contribution in [3.63, 3.8) is 0 Å². The largest absolute Gasteiger partial charge is 0.463 e. The molecule has 9 heteroatoms. The van der Waals surface area contributed by atoms with Crippen LogP contribution in [0.1, 0.15) is 53.4 Å². The number of hydrogen-bond acceptors (Lipinski definition) is 9. The van der Waals surface area contributed by atoms with Gasteiger partial charge in [-0.1, -0.05) is 36.8 Å². The Morgan fingerprint density at radius 1 is 1.11 bits per heavy atom. The zero-order valence-electron chi connectivity index (χ0n) is 22.5. The molecule has 2 bridgehead atoms. The number of carbonyl (C=O) groups is 2. The molecule has 0 aromatic heterocycles. The highest BCUT2D eigenvalue weighted by molar-refractivity contribution is 5.82. The standard InChI is InChI=1S/C29H38O9/c1-17-9-10-28-15-34-25(32)24-26(3,38-24)11-12-33-19(18(2)30)7-5-6-8-23(31)37-20-14-22(36-21(28)13-17)29(16-35-29)27(20,28)4/h5-8,13,18-22,24,30H,9-12,14-16H2,1-4H3/b7-5+,8-6-/t18-,19+,20+,21+,22+,24+,26+,27+,28+,29-/m0/s1.